The highest BCUT2D eigenvalue weighted by atomic mass is 32.2. The molecule has 0 aliphatic carbocycles. The van der Waals surface area contributed by atoms with Crippen molar-refractivity contribution in [1.82, 2.24) is 14.5 Å². The van der Waals surface area contributed by atoms with E-state index in [1.54, 1.807) is 11.8 Å². The summed E-state index contributed by atoms with van der Waals surface area (Å²) in [5.74, 6) is 0.737. The van der Waals surface area contributed by atoms with Crippen molar-refractivity contribution in [2.24, 2.45) is 0 Å². The van der Waals surface area contributed by atoms with Crippen molar-refractivity contribution in [2.75, 3.05) is 18.6 Å². The van der Waals surface area contributed by atoms with Crippen molar-refractivity contribution < 1.29 is 13.5 Å². The van der Waals surface area contributed by atoms with Crippen LogP contribution in [0.3, 0.4) is 0 Å². The Balaban J connectivity index is 2.78. The molecule has 0 aromatic carbocycles. The topological polar surface area (TPSA) is 84.2 Å². The van der Waals surface area contributed by atoms with Crippen molar-refractivity contribution >= 4 is 21.8 Å². The molecular formula is C10H19N3O3S2. The number of aliphatic hydroxyl groups excluding tert-OH is 1. The zero-order chi connectivity index (χ0) is 13.6. The summed E-state index contributed by atoms with van der Waals surface area (Å²) >= 11 is 1.60. The molecule has 1 unspecified atom stereocenters. The van der Waals surface area contributed by atoms with Crippen LogP contribution in [-0.2, 0) is 16.6 Å². The lowest BCUT2D eigenvalue weighted by molar-refractivity contribution is 0.269. The molecule has 0 aliphatic rings. The molecular weight excluding hydrogens is 274 g/mol. The van der Waals surface area contributed by atoms with Gasteiger partial charge in [-0.15, -0.1) is 0 Å². The molecule has 18 heavy (non-hydrogen) atoms. The van der Waals surface area contributed by atoms with E-state index < -0.39 is 10.0 Å². The van der Waals surface area contributed by atoms with Crippen molar-refractivity contribution in [2.45, 2.75) is 30.8 Å². The Hall–Kier alpha value is -0.570. The lowest BCUT2D eigenvalue weighted by Gasteiger charge is -2.14. The Labute approximate surface area is 112 Å². The largest absolute Gasteiger partial charge is 0.394 e. The van der Waals surface area contributed by atoms with Gasteiger partial charge in [0.2, 0.25) is 10.0 Å². The van der Waals surface area contributed by atoms with Crippen LogP contribution in [0.4, 0.5) is 0 Å². The number of nitrogens with zero attached hydrogens (tertiary/aromatic N) is 2. The molecule has 0 saturated heterocycles. The molecule has 0 bridgehead atoms. The van der Waals surface area contributed by atoms with Crippen LogP contribution >= 0.6 is 11.8 Å². The van der Waals surface area contributed by atoms with Gasteiger partial charge >= 0.3 is 0 Å². The molecule has 6 nitrogen and oxygen atoms in total. The van der Waals surface area contributed by atoms with Crippen LogP contribution in [0.15, 0.2) is 17.3 Å². The maximum atomic E-state index is 12.1. The van der Waals surface area contributed by atoms with Crippen molar-refractivity contribution in [1.29, 1.82) is 0 Å². The molecule has 104 valence electrons. The average molecular weight is 293 g/mol. The number of aliphatic hydroxyl groups is 1. The predicted octanol–water partition coefficient (Wildman–Crippen LogP) is 0.295. The van der Waals surface area contributed by atoms with Crippen molar-refractivity contribution in [3.8, 4) is 0 Å². The molecule has 2 N–H and O–H groups in total. The molecule has 0 fully saturated rings. The molecule has 0 saturated carbocycles. The van der Waals surface area contributed by atoms with E-state index in [9.17, 15) is 8.42 Å². The van der Waals surface area contributed by atoms with Gasteiger partial charge in [0, 0.05) is 18.0 Å². The highest BCUT2D eigenvalue weighted by molar-refractivity contribution is 7.98. The molecule has 1 heterocycles. The average Bonchev–Trinajstić information content (AvgIpc) is 2.78. The van der Waals surface area contributed by atoms with E-state index in [0.29, 0.717) is 0 Å². The summed E-state index contributed by atoms with van der Waals surface area (Å²) in [7, 11) is -3.52. The van der Waals surface area contributed by atoms with E-state index in [-0.39, 0.29) is 24.1 Å². The SMILES string of the molecule is CCC(CSC)NS(=O)(=O)c1cnn(CCO)c1. The van der Waals surface area contributed by atoms with Crippen LogP contribution < -0.4 is 4.72 Å². The fraction of sp³-hybridized carbons (Fsp3) is 0.700. The summed E-state index contributed by atoms with van der Waals surface area (Å²) in [5, 5.41) is 12.6. The monoisotopic (exact) mass is 293 g/mol. The molecule has 1 aromatic rings. The van der Waals surface area contributed by atoms with Gasteiger partial charge in [-0.05, 0) is 12.7 Å². The first-order chi connectivity index (χ1) is 8.53. The van der Waals surface area contributed by atoms with Gasteiger partial charge in [0.15, 0.2) is 0 Å². The number of hydrogen-bond donors (Lipinski definition) is 2. The van der Waals surface area contributed by atoms with Crippen LogP contribution in [-0.4, -0.2) is 48.0 Å². The van der Waals surface area contributed by atoms with Gasteiger partial charge in [0.05, 0.1) is 19.3 Å². The number of aromatic nitrogens is 2. The molecule has 1 atom stereocenters. The zero-order valence-corrected chi connectivity index (χ0v) is 12.2. The zero-order valence-electron chi connectivity index (χ0n) is 10.5. The third-order valence-electron chi connectivity index (χ3n) is 2.43. The van der Waals surface area contributed by atoms with E-state index >= 15 is 0 Å². The molecule has 0 amide bonds. The first-order valence-corrected chi connectivity index (χ1v) is 8.55. The number of thioether (sulfide) groups is 1. The summed E-state index contributed by atoms with van der Waals surface area (Å²) in [6.45, 7) is 2.16. The third-order valence-corrected chi connectivity index (χ3v) is 4.64. The van der Waals surface area contributed by atoms with E-state index in [1.165, 1.54) is 17.1 Å². The van der Waals surface area contributed by atoms with E-state index in [4.69, 9.17) is 5.11 Å². The minimum atomic E-state index is -3.52. The second kappa shape index (κ2) is 7.13. The maximum absolute atomic E-state index is 12.1. The summed E-state index contributed by atoms with van der Waals surface area (Å²) in [6, 6.07) is -0.0776. The van der Waals surface area contributed by atoms with Crippen LogP contribution in [0, 0.1) is 0 Å². The van der Waals surface area contributed by atoms with Crippen molar-refractivity contribution in [3.63, 3.8) is 0 Å². The third kappa shape index (κ3) is 4.27. The van der Waals surface area contributed by atoms with Gasteiger partial charge in [-0.25, -0.2) is 13.1 Å². The minimum Gasteiger partial charge on any atom is -0.394 e. The molecule has 1 rings (SSSR count). The molecule has 1 aromatic heterocycles. The lowest BCUT2D eigenvalue weighted by Crippen LogP contribution is -2.35. The first kappa shape index (κ1) is 15.5. The van der Waals surface area contributed by atoms with Gasteiger partial charge in [-0.3, -0.25) is 4.68 Å². The maximum Gasteiger partial charge on any atom is 0.243 e. The predicted molar refractivity (Wildman–Crippen MR) is 72.1 cm³/mol. The van der Waals surface area contributed by atoms with Crippen LogP contribution in [0.1, 0.15) is 13.3 Å². The van der Waals surface area contributed by atoms with Gasteiger partial charge in [0.1, 0.15) is 4.90 Å². The number of rotatable bonds is 8. The second-order valence-electron chi connectivity index (χ2n) is 3.84. The summed E-state index contributed by atoms with van der Waals surface area (Å²) in [6.07, 6.45) is 5.40. The van der Waals surface area contributed by atoms with Gasteiger partial charge in [0.25, 0.3) is 0 Å². The summed E-state index contributed by atoms with van der Waals surface area (Å²) < 4.78 is 28.2. The minimum absolute atomic E-state index is 0.0708. The van der Waals surface area contributed by atoms with Crippen LogP contribution in [0.2, 0.25) is 0 Å². The number of hydrogen-bond acceptors (Lipinski definition) is 5. The fourth-order valence-corrected chi connectivity index (χ4v) is 3.53. The Bertz CT molecular complexity index is 459. The summed E-state index contributed by atoms with van der Waals surface area (Å²) in [5.41, 5.74) is 0. The smallest absolute Gasteiger partial charge is 0.243 e. The lowest BCUT2D eigenvalue weighted by atomic mass is 10.3. The normalized spacial score (nSPS) is 13.7. The van der Waals surface area contributed by atoms with Gasteiger partial charge in [-0.2, -0.15) is 16.9 Å². The molecule has 8 heteroatoms. The van der Waals surface area contributed by atoms with Crippen molar-refractivity contribution in [3.05, 3.63) is 12.4 Å². The van der Waals surface area contributed by atoms with Gasteiger partial charge < -0.3 is 5.11 Å². The van der Waals surface area contributed by atoms with Gasteiger partial charge in [-0.1, -0.05) is 6.92 Å². The van der Waals surface area contributed by atoms with E-state index in [0.717, 1.165) is 12.2 Å². The first-order valence-electron chi connectivity index (χ1n) is 5.68. The Morgan fingerprint density at radius 3 is 2.89 bits per heavy atom. The standard InChI is InChI=1S/C10H19N3O3S2/c1-3-9(8-17-2)12-18(15,16)10-6-11-13(7-10)4-5-14/h6-7,9,12,14H,3-5,8H2,1-2H3. The van der Waals surface area contributed by atoms with E-state index in [2.05, 4.69) is 9.82 Å². The Kier molecular flexibility index (Phi) is 6.13. The molecule has 0 radical (unpaired) electrons. The van der Waals surface area contributed by atoms with E-state index in [1.807, 2.05) is 13.2 Å². The van der Waals surface area contributed by atoms with Crippen LogP contribution in [0.25, 0.3) is 0 Å². The highest BCUT2D eigenvalue weighted by Gasteiger charge is 2.20. The molecule has 0 spiro atoms. The molecule has 0 aliphatic heterocycles. The Morgan fingerprint density at radius 2 is 2.33 bits per heavy atom. The number of nitrogens with one attached hydrogen (secondary N) is 1. The number of sulfonamides is 1. The summed E-state index contributed by atoms with van der Waals surface area (Å²) in [4.78, 5) is 0.135. The Morgan fingerprint density at radius 1 is 1.61 bits per heavy atom. The quantitative estimate of drug-likeness (QED) is 0.720. The fourth-order valence-electron chi connectivity index (χ4n) is 1.43. The second-order valence-corrected chi connectivity index (χ2v) is 6.47. The van der Waals surface area contributed by atoms with Crippen LogP contribution in [0.5, 0.6) is 0 Å². The highest BCUT2D eigenvalue weighted by Crippen LogP contribution is 2.10.